The van der Waals surface area contributed by atoms with E-state index in [1.165, 1.54) is 0 Å². The predicted octanol–water partition coefficient (Wildman–Crippen LogP) is 0.111. The van der Waals surface area contributed by atoms with Gasteiger partial charge in [-0.1, -0.05) is 0 Å². The van der Waals surface area contributed by atoms with Crippen LogP contribution in [-0.4, -0.2) is 15.2 Å². The molecule has 2 N–H and O–H groups in total. The first kappa shape index (κ1) is 8.55. The van der Waals surface area contributed by atoms with Crippen molar-refractivity contribution >= 4 is 36.6 Å². The number of carbonyl (C=O) groups excluding carboxylic acids is 2. The van der Waals surface area contributed by atoms with Crippen molar-refractivity contribution < 1.29 is 27.2 Å². The van der Waals surface area contributed by atoms with Crippen LogP contribution in [0.2, 0.25) is 0 Å². The fraction of sp³-hybridized carbons (Fsp3) is 0.333. The van der Waals surface area contributed by atoms with Crippen LogP contribution in [0.4, 0.5) is 4.79 Å². The molecule has 61 valence electrons. The molecule has 0 aliphatic carbocycles. The second-order valence-corrected chi connectivity index (χ2v) is 6.66. The van der Waals surface area contributed by atoms with Gasteiger partial charge in [0.2, 0.25) is 0 Å². The zero-order valence-electron chi connectivity index (χ0n) is 4.37. The second kappa shape index (κ2) is 2.83. The SMILES string of the molecule is O=C1NC(=O)[C](Cl)([Au][Br])N1. The summed E-state index contributed by atoms with van der Waals surface area (Å²) >= 11 is 8.13. The number of amides is 3. The summed E-state index contributed by atoms with van der Waals surface area (Å²) in [5, 5.41) is 4.32. The van der Waals surface area contributed by atoms with Crippen LogP contribution in [0.3, 0.4) is 0 Å². The third kappa shape index (κ3) is 1.38. The van der Waals surface area contributed by atoms with Crippen LogP contribution < -0.4 is 10.6 Å². The van der Waals surface area contributed by atoms with Gasteiger partial charge in [-0.2, -0.15) is 0 Å². The van der Waals surface area contributed by atoms with Crippen LogP contribution in [0.5, 0.6) is 0 Å². The Labute approximate surface area is 77.3 Å². The van der Waals surface area contributed by atoms with Crippen molar-refractivity contribution in [1.29, 1.82) is 0 Å². The van der Waals surface area contributed by atoms with E-state index in [4.69, 9.17) is 11.6 Å². The minimum absolute atomic E-state index is 0.474. The quantitative estimate of drug-likeness (QED) is 0.279. The number of nitrogens with one attached hydrogen (secondary N) is 2. The predicted molar refractivity (Wildman–Crippen MR) is 34.2 cm³/mol. The summed E-state index contributed by atoms with van der Waals surface area (Å²) in [5.74, 6) is -0.474. The Bertz CT molecular complexity index is 201. The Morgan fingerprint density at radius 1 is 1.60 bits per heavy atom. The number of urea groups is 1. The van der Waals surface area contributed by atoms with E-state index in [1.54, 1.807) is 0 Å². The summed E-state index contributed by atoms with van der Waals surface area (Å²) in [4.78, 5) is 21.3. The third-order valence-electron chi connectivity index (χ3n) is 0.834. The maximum atomic E-state index is 10.8. The molecule has 1 atom stereocenters. The van der Waals surface area contributed by atoms with Gasteiger partial charge in [0.15, 0.2) is 0 Å². The van der Waals surface area contributed by atoms with Crippen LogP contribution >= 0.6 is 24.6 Å². The van der Waals surface area contributed by atoms with Crippen LogP contribution in [-0.2, 0) is 22.4 Å². The van der Waals surface area contributed by atoms with Gasteiger partial charge in [0.1, 0.15) is 0 Å². The number of imide groups is 1. The van der Waals surface area contributed by atoms with Crippen molar-refractivity contribution in [3.8, 4) is 0 Å². The Hall–Kier alpha value is 0.450. The van der Waals surface area contributed by atoms with E-state index >= 15 is 0 Å². The molecule has 0 aromatic heterocycles. The van der Waals surface area contributed by atoms with Gasteiger partial charge in [0.25, 0.3) is 0 Å². The van der Waals surface area contributed by atoms with Gasteiger partial charge in [-0.3, -0.25) is 0 Å². The molecule has 7 heteroatoms. The molecular formula is C3H2AuBrClN2O2. The van der Waals surface area contributed by atoms with Gasteiger partial charge in [-0.15, -0.1) is 0 Å². The fourth-order valence-corrected chi connectivity index (χ4v) is 2.62. The summed E-state index contributed by atoms with van der Waals surface area (Å²) in [5.41, 5.74) is 0. The Kier molecular flexibility index (Phi) is 2.42. The summed E-state index contributed by atoms with van der Waals surface area (Å²) < 4.78 is -1.20. The summed E-state index contributed by atoms with van der Waals surface area (Å²) in [7, 11) is 0. The van der Waals surface area contributed by atoms with Crippen molar-refractivity contribution in [3.63, 3.8) is 0 Å². The minimum atomic E-state index is -1.20. The standard InChI is InChI=1S/C3H2ClN2O2.Au.BrH/c4-1-2(7)6-3(8)5-1;;/h(H2,5,6,7,8);;1H/q;+1;/p-1. The molecule has 0 spiro atoms. The molecule has 1 aliphatic heterocycles. The van der Waals surface area contributed by atoms with Crippen molar-refractivity contribution in [3.05, 3.63) is 0 Å². The first-order valence-electron chi connectivity index (χ1n) is 2.11. The van der Waals surface area contributed by atoms with Crippen molar-refractivity contribution in [2.75, 3.05) is 0 Å². The molecule has 1 saturated heterocycles. The topological polar surface area (TPSA) is 58.2 Å². The Morgan fingerprint density at radius 3 is 2.40 bits per heavy atom. The molecule has 10 heavy (non-hydrogen) atoms. The van der Waals surface area contributed by atoms with Crippen molar-refractivity contribution in [2.45, 2.75) is 3.22 Å². The zero-order valence-corrected chi connectivity index (χ0v) is 8.88. The summed E-state index contributed by atoms with van der Waals surface area (Å²) in [6.07, 6.45) is 0. The van der Waals surface area contributed by atoms with Gasteiger partial charge in [-0.05, 0) is 0 Å². The van der Waals surface area contributed by atoms with E-state index < -0.39 is 32.8 Å². The third-order valence-corrected chi connectivity index (χ3v) is 6.96. The molecule has 0 bridgehead atoms. The Balaban J connectivity index is 2.80. The van der Waals surface area contributed by atoms with Crippen molar-refractivity contribution in [2.24, 2.45) is 0 Å². The van der Waals surface area contributed by atoms with Crippen molar-refractivity contribution in [1.82, 2.24) is 10.6 Å². The average molecular weight is 410 g/mol. The van der Waals surface area contributed by atoms with Gasteiger partial charge >= 0.3 is 77.6 Å². The molecule has 0 radical (unpaired) electrons. The van der Waals surface area contributed by atoms with Crippen LogP contribution in [0.15, 0.2) is 0 Å². The van der Waals surface area contributed by atoms with Gasteiger partial charge < -0.3 is 0 Å². The van der Waals surface area contributed by atoms with E-state index in [0.29, 0.717) is 0 Å². The van der Waals surface area contributed by atoms with Crippen LogP contribution in [0, 0.1) is 0 Å². The number of carbonyl (C=O) groups is 2. The molecule has 1 aliphatic rings. The number of hydrogen-bond donors (Lipinski definition) is 2. The maximum absolute atomic E-state index is 10.8. The first-order chi connectivity index (χ1) is 4.58. The molecule has 4 nitrogen and oxygen atoms in total. The first-order valence-corrected chi connectivity index (χ1v) is 8.31. The molecule has 0 aromatic rings. The second-order valence-electron chi connectivity index (χ2n) is 1.49. The number of halogens is 2. The molecule has 1 unspecified atom stereocenters. The number of hydrogen-bond acceptors (Lipinski definition) is 2. The number of rotatable bonds is 1. The fourth-order valence-electron chi connectivity index (χ4n) is 0.439. The normalized spacial score (nSPS) is 32.2. The van der Waals surface area contributed by atoms with Gasteiger partial charge in [0.05, 0.1) is 0 Å². The van der Waals surface area contributed by atoms with E-state index in [1.807, 2.05) is 5.32 Å². The van der Waals surface area contributed by atoms with Gasteiger partial charge in [-0.25, -0.2) is 0 Å². The summed E-state index contributed by atoms with van der Waals surface area (Å²) in [6.45, 7) is 0. The summed E-state index contributed by atoms with van der Waals surface area (Å²) in [6, 6.07) is -0.532. The molecule has 0 saturated carbocycles. The Morgan fingerprint density at radius 2 is 2.20 bits per heavy atom. The van der Waals surface area contributed by atoms with E-state index in [-0.39, 0.29) is 0 Å². The molecule has 0 aromatic carbocycles. The van der Waals surface area contributed by atoms with Crippen LogP contribution in [0.1, 0.15) is 0 Å². The van der Waals surface area contributed by atoms with E-state index in [0.717, 1.165) is 0 Å². The molecule has 1 heterocycles. The molecule has 3 amide bonds. The zero-order chi connectivity index (χ0) is 7.78. The molecular weight excluding hydrogens is 408 g/mol. The monoisotopic (exact) mass is 409 g/mol. The van der Waals surface area contributed by atoms with Crippen LogP contribution in [0.25, 0.3) is 0 Å². The van der Waals surface area contributed by atoms with E-state index in [9.17, 15) is 9.59 Å². The molecule has 1 rings (SSSR count). The molecule has 1 fully saturated rings. The average Bonchev–Trinajstić information content (AvgIpc) is 2.09. The van der Waals surface area contributed by atoms with Gasteiger partial charge in [0, 0.05) is 0 Å². The number of alkyl halides is 1. The van der Waals surface area contributed by atoms with E-state index in [2.05, 4.69) is 18.3 Å².